The lowest BCUT2D eigenvalue weighted by molar-refractivity contribution is 0.102. The summed E-state index contributed by atoms with van der Waals surface area (Å²) in [5, 5.41) is 23.4. The Labute approximate surface area is 149 Å². The fourth-order valence-corrected chi connectivity index (χ4v) is 2.15. The molecule has 0 aliphatic carbocycles. The van der Waals surface area contributed by atoms with Crippen LogP contribution in [0.15, 0.2) is 60.9 Å². The van der Waals surface area contributed by atoms with E-state index in [9.17, 15) is 4.79 Å². The molecule has 3 rings (SSSR count). The van der Waals surface area contributed by atoms with Crippen LogP contribution in [0.4, 0.5) is 17.2 Å². The third-order valence-corrected chi connectivity index (χ3v) is 3.46. The molecule has 3 aromatic rings. The third kappa shape index (κ3) is 3.99. The summed E-state index contributed by atoms with van der Waals surface area (Å²) in [5.41, 5.74) is 2.57. The van der Waals surface area contributed by atoms with E-state index in [1.807, 2.05) is 12.1 Å². The first-order valence-corrected chi connectivity index (χ1v) is 7.59. The van der Waals surface area contributed by atoms with Gasteiger partial charge in [0.1, 0.15) is 17.8 Å². The van der Waals surface area contributed by atoms with Gasteiger partial charge in [0.05, 0.1) is 23.3 Å². The van der Waals surface area contributed by atoms with Crippen molar-refractivity contribution in [2.24, 2.45) is 0 Å². The lowest BCUT2D eigenvalue weighted by Crippen LogP contribution is -2.14. The second kappa shape index (κ2) is 7.56. The van der Waals surface area contributed by atoms with Gasteiger partial charge in [0.2, 0.25) is 0 Å². The van der Waals surface area contributed by atoms with Gasteiger partial charge in [-0.2, -0.15) is 10.5 Å². The number of nitriles is 2. The van der Waals surface area contributed by atoms with Crippen molar-refractivity contribution in [1.29, 1.82) is 10.5 Å². The number of carbonyl (C=O) groups is 1. The number of nitrogens with one attached hydrogen (secondary N) is 2. The van der Waals surface area contributed by atoms with E-state index in [1.165, 1.54) is 12.4 Å². The Bertz CT molecular complexity index is 1010. The minimum absolute atomic E-state index is 0.195. The predicted molar refractivity (Wildman–Crippen MR) is 95.6 cm³/mol. The molecule has 1 aromatic heterocycles. The number of carbonyl (C=O) groups excluding carboxylic acids is 1. The summed E-state index contributed by atoms with van der Waals surface area (Å²) in [6, 6.07) is 19.0. The number of hydrogen-bond donors (Lipinski definition) is 2. The van der Waals surface area contributed by atoms with E-state index in [2.05, 4.69) is 20.6 Å². The maximum Gasteiger partial charge on any atom is 0.274 e. The van der Waals surface area contributed by atoms with E-state index in [0.29, 0.717) is 22.6 Å². The number of anilines is 3. The van der Waals surface area contributed by atoms with Crippen molar-refractivity contribution in [2.45, 2.75) is 0 Å². The van der Waals surface area contributed by atoms with Crippen molar-refractivity contribution in [3.63, 3.8) is 0 Å². The Kier molecular flexibility index (Phi) is 4.83. The van der Waals surface area contributed by atoms with Gasteiger partial charge in [0.15, 0.2) is 0 Å². The monoisotopic (exact) mass is 340 g/mol. The van der Waals surface area contributed by atoms with Crippen molar-refractivity contribution >= 4 is 23.1 Å². The SMILES string of the molecule is N#Cc1ccc(NC(=O)c2cc(Nc3ccc(C#N)cc3)ncn2)cc1. The Balaban J connectivity index is 1.72. The highest BCUT2D eigenvalue weighted by Gasteiger charge is 2.09. The highest BCUT2D eigenvalue weighted by Crippen LogP contribution is 2.16. The third-order valence-electron chi connectivity index (χ3n) is 3.46. The summed E-state index contributed by atoms with van der Waals surface area (Å²) in [7, 11) is 0. The van der Waals surface area contributed by atoms with Crippen molar-refractivity contribution < 1.29 is 4.79 Å². The number of aromatic nitrogens is 2. The van der Waals surface area contributed by atoms with Crippen LogP contribution >= 0.6 is 0 Å². The van der Waals surface area contributed by atoms with Gasteiger partial charge in [0, 0.05) is 17.4 Å². The number of hydrogen-bond acceptors (Lipinski definition) is 6. The second-order valence-corrected chi connectivity index (χ2v) is 5.25. The molecule has 7 nitrogen and oxygen atoms in total. The molecular formula is C19H12N6O. The molecule has 2 aromatic carbocycles. The highest BCUT2D eigenvalue weighted by atomic mass is 16.1. The van der Waals surface area contributed by atoms with Gasteiger partial charge in [-0.05, 0) is 48.5 Å². The minimum atomic E-state index is -0.389. The molecule has 0 spiro atoms. The maximum absolute atomic E-state index is 12.3. The molecule has 2 N–H and O–H groups in total. The molecule has 124 valence electrons. The van der Waals surface area contributed by atoms with E-state index in [0.717, 1.165) is 5.69 Å². The molecule has 0 saturated heterocycles. The Morgan fingerprint density at radius 2 is 1.42 bits per heavy atom. The molecule has 1 heterocycles. The van der Waals surface area contributed by atoms with Crippen LogP contribution in [0, 0.1) is 22.7 Å². The first kappa shape index (κ1) is 16.6. The van der Waals surface area contributed by atoms with Crippen LogP contribution in [0.5, 0.6) is 0 Å². The second-order valence-electron chi connectivity index (χ2n) is 5.25. The number of benzene rings is 2. The fourth-order valence-electron chi connectivity index (χ4n) is 2.15. The van der Waals surface area contributed by atoms with Crippen LogP contribution in [-0.2, 0) is 0 Å². The van der Waals surface area contributed by atoms with Crippen molar-refractivity contribution in [3.8, 4) is 12.1 Å². The van der Waals surface area contributed by atoms with Gasteiger partial charge >= 0.3 is 0 Å². The van der Waals surface area contributed by atoms with Gasteiger partial charge in [-0.1, -0.05) is 0 Å². The fraction of sp³-hybridized carbons (Fsp3) is 0. The molecular weight excluding hydrogens is 328 g/mol. The molecule has 0 atom stereocenters. The lowest BCUT2D eigenvalue weighted by atomic mass is 10.2. The molecule has 0 saturated carbocycles. The largest absolute Gasteiger partial charge is 0.340 e. The van der Waals surface area contributed by atoms with E-state index >= 15 is 0 Å². The van der Waals surface area contributed by atoms with Gasteiger partial charge < -0.3 is 10.6 Å². The summed E-state index contributed by atoms with van der Waals surface area (Å²) in [4.78, 5) is 20.4. The lowest BCUT2D eigenvalue weighted by Gasteiger charge is -2.08. The van der Waals surface area contributed by atoms with Crippen LogP contribution in [-0.4, -0.2) is 15.9 Å². The summed E-state index contributed by atoms with van der Waals surface area (Å²) in [5.74, 6) is 0.0645. The Morgan fingerprint density at radius 1 is 0.846 bits per heavy atom. The molecule has 0 radical (unpaired) electrons. The predicted octanol–water partition coefficient (Wildman–Crippen LogP) is 3.22. The van der Waals surface area contributed by atoms with E-state index in [4.69, 9.17) is 10.5 Å². The average Bonchev–Trinajstić information content (AvgIpc) is 2.69. The summed E-state index contributed by atoms with van der Waals surface area (Å²) < 4.78 is 0. The van der Waals surface area contributed by atoms with Crippen LogP contribution in [0.2, 0.25) is 0 Å². The minimum Gasteiger partial charge on any atom is -0.340 e. The van der Waals surface area contributed by atoms with E-state index in [1.54, 1.807) is 48.5 Å². The first-order chi connectivity index (χ1) is 12.7. The molecule has 1 amide bonds. The van der Waals surface area contributed by atoms with Crippen molar-refractivity contribution in [1.82, 2.24) is 9.97 Å². The van der Waals surface area contributed by atoms with Crippen molar-refractivity contribution in [3.05, 3.63) is 77.7 Å². The molecule has 0 unspecified atom stereocenters. The molecule has 0 aliphatic heterocycles. The summed E-state index contributed by atoms with van der Waals surface area (Å²) >= 11 is 0. The maximum atomic E-state index is 12.3. The zero-order valence-corrected chi connectivity index (χ0v) is 13.5. The Morgan fingerprint density at radius 3 is 2.00 bits per heavy atom. The zero-order valence-electron chi connectivity index (χ0n) is 13.5. The van der Waals surface area contributed by atoms with Gasteiger partial charge in [-0.15, -0.1) is 0 Å². The first-order valence-electron chi connectivity index (χ1n) is 7.59. The van der Waals surface area contributed by atoms with Crippen LogP contribution in [0.1, 0.15) is 21.6 Å². The van der Waals surface area contributed by atoms with Crippen LogP contribution in [0.25, 0.3) is 0 Å². The quantitative estimate of drug-likeness (QED) is 0.753. The topological polar surface area (TPSA) is 114 Å². The van der Waals surface area contributed by atoms with Crippen molar-refractivity contribution in [2.75, 3.05) is 10.6 Å². The number of rotatable bonds is 4. The number of amides is 1. The number of nitrogens with zero attached hydrogens (tertiary/aromatic N) is 4. The summed E-state index contributed by atoms with van der Waals surface area (Å²) in [6.07, 6.45) is 1.29. The molecule has 0 bridgehead atoms. The van der Waals surface area contributed by atoms with E-state index < -0.39 is 0 Å². The van der Waals surface area contributed by atoms with Gasteiger partial charge in [0.25, 0.3) is 5.91 Å². The van der Waals surface area contributed by atoms with Gasteiger partial charge in [-0.3, -0.25) is 4.79 Å². The smallest absolute Gasteiger partial charge is 0.274 e. The molecule has 26 heavy (non-hydrogen) atoms. The Hall–Kier alpha value is -4.23. The summed E-state index contributed by atoms with van der Waals surface area (Å²) in [6.45, 7) is 0. The van der Waals surface area contributed by atoms with Gasteiger partial charge in [-0.25, -0.2) is 9.97 Å². The average molecular weight is 340 g/mol. The standard InChI is InChI=1S/C19H12N6O/c20-10-13-1-5-15(6-2-13)24-18-9-17(22-12-23-18)19(26)25-16-7-3-14(11-21)4-8-16/h1-9,12H,(H,25,26)(H,22,23,24). The van der Waals surface area contributed by atoms with Crippen LogP contribution < -0.4 is 10.6 Å². The van der Waals surface area contributed by atoms with E-state index in [-0.39, 0.29) is 11.6 Å². The molecule has 0 aliphatic rings. The zero-order chi connectivity index (χ0) is 18.4. The molecule has 7 heteroatoms. The molecule has 0 fully saturated rings. The highest BCUT2D eigenvalue weighted by molar-refractivity contribution is 6.03. The normalized spacial score (nSPS) is 9.62. The van der Waals surface area contributed by atoms with Crippen LogP contribution in [0.3, 0.4) is 0 Å².